The van der Waals surface area contributed by atoms with Gasteiger partial charge in [0.1, 0.15) is 11.4 Å². The summed E-state index contributed by atoms with van der Waals surface area (Å²) in [6, 6.07) is 23.9. The third-order valence-corrected chi connectivity index (χ3v) is 4.96. The van der Waals surface area contributed by atoms with E-state index in [1.807, 2.05) is 60.7 Å². The highest BCUT2D eigenvalue weighted by Gasteiger charge is 2.34. The van der Waals surface area contributed by atoms with Gasteiger partial charge in [0.15, 0.2) is 5.84 Å². The lowest BCUT2D eigenvalue weighted by molar-refractivity contribution is -0.131. The molecule has 0 radical (unpaired) electrons. The fraction of sp³-hybridized carbons (Fsp3) is 0.0417. The maximum absolute atomic E-state index is 13.3. The Kier molecular flexibility index (Phi) is 5.59. The molecule has 1 heterocycles. The lowest BCUT2D eigenvalue weighted by Gasteiger charge is -2.19. The smallest absolute Gasteiger partial charge is 0.308 e. The lowest BCUT2D eigenvalue weighted by Crippen LogP contribution is -2.33. The summed E-state index contributed by atoms with van der Waals surface area (Å²) >= 11 is 3.41. The van der Waals surface area contributed by atoms with Crippen LogP contribution in [0.2, 0.25) is 0 Å². The van der Waals surface area contributed by atoms with Gasteiger partial charge in [0.25, 0.3) is 5.91 Å². The van der Waals surface area contributed by atoms with Crippen LogP contribution in [-0.4, -0.2) is 17.7 Å². The summed E-state index contributed by atoms with van der Waals surface area (Å²) in [5, 5.41) is 0. The average Bonchev–Trinajstić information content (AvgIpc) is 3.06. The monoisotopic (exact) mass is 460 g/mol. The predicted molar refractivity (Wildman–Crippen MR) is 120 cm³/mol. The first-order valence-corrected chi connectivity index (χ1v) is 10.1. The second kappa shape index (κ2) is 8.47. The molecule has 30 heavy (non-hydrogen) atoms. The van der Waals surface area contributed by atoms with Crippen molar-refractivity contribution in [1.82, 2.24) is 0 Å². The molecule has 0 aromatic heterocycles. The SMILES string of the molecule is CC(=O)Oc1ccccc1C1=NC(=Cc2ccc(Br)cc2)C(=O)N1c1ccccc1. The summed E-state index contributed by atoms with van der Waals surface area (Å²) in [4.78, 5) is 31.1. The van der Waals surface area contributed by atoms with Gasteiger partial charge in [-0.15, -0.1) is 0 Å². The van der Waals surface area contributed by atoms with Gasteiger partial charge < -0.3 is 4.74 Å². The molecule has 4 rings (SSSR count). The van der Waals surface area contributed by atoms with Gasteiger partial charge in [0.2, 0.25) is 0 Å². The van der Waals surface area contributed by atoms with Crippen molar-refractivity contribution in [3.05, 3.63) is 100 Å². The molecule has 0 saturated heterocycles. The van der Waals surface area contributed by atoms with Gasteiger partial charge in [-0.25, -0.2) is 4.99 Å². The summed E-state index contributed by atoms with van der Waals surface area (Å²) in [7, 11) is 0. The number of nitrogens with zero attached hydrogens (tertiary/aromatic N) is 2. The predicted octanol–water partition coefficient (Wildman–Crippen LogP) is 5.21. The fourth-order valence-electron chi connectivity index (χ4n) is 3.13. The van der Waals surface area contributed by atoms with Crippen LogP contribution in [0, 0.1) is 0 Å². The summed E-state index contributed by atoms with van der Waals surface area (Å²) in [5.41, 5.74) is 2.39. The number of amidine groups is 1. The topological polar surface area (TPSA) is 59.0 Å². The number of carbonyl (C=O) groups excluding carboxylic acids is 2. The van der Waals surface area contributed by atoms with Crippen molar-refractivity contribution in [1.29, 1.82) is 0 Å². The van der Waals surface area contributed by atoms with E-state index in [9.17, 15) is 9.59 Å². The van der Waals surface area contributed by atoms with E-state index in [0.717, 1.165) is 10.0 Å². The fourth-order valence-corrected chi connectivity index (χ4v) is 3.39. The van der Waals surface area contributed by atoms with E-state index in [4.69, 9.17) is 4.74 Å². The molecule has 3 aromatic carbocycles. The van der Waals surface area contributed by atoms with Crippen molar-refractivity contribution >= 4 is 45.4 Å². The van der Waals surface area contributed by atoms with Crippen LogP contribution < -0.4 is 9.64 Å². The lowest BCUT2D eigenvalue weighted by atomic mass is 10.1. The quantitative estimate of drug-likeness (QED) is 0.305. The Morgan fingerprint density at radius 3 is 2.33 bits per heavy atom. The number of amides is 1. The number of benzene rings is 3. The maximum Gasteiger partial charge on any atom is 0.308 e. The highest BCUT2D eigenvalue weighted by Crippen LogP contribution is 2.31. The third-order valence-electron chi connectivity index (χ3n) is 4.43. The molecule has 148 valence electrons. The van der Waals surface area contributed by atoms with Crippen molar-refractivity contribution in [2.75, 3.05) is 4.90 Å². The Hall–Kier alpha value is -3.51. The van der Waals surface area contributed by atoms with Crippen LogP contribution in [0.25, 0.3) is 6.08 Å². The van der Waals surface area contributed by atoms with Gasteiger partial charge in [-0.05, 0) is 48.0 Å². The molecular formula is C24H17BrN2O3. The second-order valence-corrected chi connectivity index (χ2v) is 7.50. The minimum Gasteiger partial charge on any atom is -0.426 e. The molecule has 0 spiro atoms. The number of anilines is 1. The number of rotatable bonds is 4. The molecule has 0 N–H and O–H groups in total. The van der Waals surface area contributed by atoms with Crippen molar-refractivity contribution in [3.63, 3.8) is 0 Å². The molecule has 0 fully saturated rings. The number of ether oxygens (including phenoxy) is 1. The van der Waals surface area contributed by atoms with Crippen LogP contribution in [-0.2, 0) is 9.59 Å². The van der Waals surface area contributed by atoms with Gasteiger partial charge >= 0.3 is 5.97 Å². The Bertz CT molecular complexity index is 1170. The number of esters is 1. The molecule has 3 aromatic rings. The van der Waals surface area contributed by atoms with Crippen LogP contribution in [0.15, 0.2) is 94.0 Å². The molecule has 0 unspecified atom stereocenters. The van der Waals surface area contributed by atoms with Gasteiger partial charge in [0.05, 0.1) is 11.3 Å². The highest BCUT2D eigenvalue weighted by atomic mass is 79.9. The van der Waals surface area contributed by atoms with Crippen molar-refractivity contribution in [2.24, 2.45) is 4.99 Å². The largest absolute Gasteiger partial charge is 0.426 e. The minimum atomic E-state index is -0.440. The first-order valence-electron chi connectivity index (χ1n) is 9.26. The van der Waals surface area contributed by atoms with Gasteiger partial charge in [0, 0.05) is 11.4 Å². The van der Waals surface area contributed by atoms with Crippen LogP contribution in [0.3, 0.4) is 0 Å². The van der Waals surface area contributed by atoms with Crippen molar-refractivity contribution < 1.29 is 14.3 Å². The third kappa shape index (κ3) is 4.09. The zero-order chi connectivity index (χ0) is 21.1. The molecule has 1 aliphatic heterocycles. The van der Waals surface area contributed by atoms with E-state index in [0.29, 0.717) is 28.5 Å². The molecule has 0 atom stereocenters. The van der Waals surface area contributed by atoms with Gasteiger partial charge in [-0.1, -0.05) is 58.4 Å². The second-order valence-electron chi connectivity index (χ2n) is 6.58. The average molecular weight is 461 g/mol. The Morgan fingerprint density at radius 1 is 0.967 bits per heavy atom. The van der Waals surface area contributed by atoms with Crippen LogP contribution in [0.1, 0.15) is 18.1 Å². The van der Waals surface area contributed by atoms with Gasteiger partial charge in [-0.3, -0.25) is 14.5 Å². The van der Waals surface area contributed by atoms with Crippen LogP contribution in [0.4, 0.5) is 5.69 Å². The first-order chi connectivity index (χ1) is 14.5. The molecule has 5 nitrogen and oxygen atoms in total. The van der Waals surface area contributed by atoms with Crippen LogP contribution in [0.5, 0.6) is 5.75 Å². The van der Waals surface area contributed by atoms with E-state index in [-0.39, 0.29) is 5.91 Å². The van der Waals surface area contributed by atoms with Crippen molar-refractivity contribution in [2.45, 2.75) is 6.92 Å². The van der Waals surface area contributed by atoms with E-state index in [2.05, 4.69) is 20.9 Å². The summed E-state index contributed by atoms with van der Waals surface area (Å²) in [6.07, 6.45) is 1.74. The molecular weight excluding hydrogens is 444 g/mol. The van der Waals surface area contributed by atoms with E-state index >= 15 is 0 Å². The summed E-state index contributed by atoms with van der Waals surface area (Å²) in [5.74, 6) is 0.0646. The molecule has 0 saturated carbocycles. The van der Waals surface area contributed by atoms with E-state index in [1.165, 1.54) is 11.8 Å². The molecule has 0 aliphatic carbocycles. The van der Waals surface area contributed by atoms with Crippen LogP contribution >= 0.6 is 15.9 Å². The summed E-state index contributed by atoms with van der Waals surface area (Å²) in [6.45, 7) is 1.34. The number of aliphatic imine (C=N–C) groups is 1. The zero-order valence-corrected chi connectivity index (χ0v) is 17.7. The van der Waals surface area contributed by atoms with Crippen molar-refractivity contribution in [3.8, 4) is 5.75 Å². The minimum absolute atomic E-state index is 0.253. The molecule has 6 heteroatoms. The number of halogens is 1. The van der Waals surface area contributed by atoms with E-state index < -0.39 is 5.97 Å². The highest BCUT2D eigenvalue weighted by molar-refractivity contribution is 9.10. The Labute approximate surface area is 182 Å². The standard InChI is InChI=1S/C24H17BrN2O3/c1-16(28)30-22-10-6-5-9-20(22)23-26-21(15-17-11-13-18(25)14-12-17)24(29)27(23)19-7-3-2-4-8-19/h2-15H,1H3. The first kappa shape index (κ1) is 19.8. The number of carbonyl (C=O) groups is 2. The number of hydrogen-bond acceptors (Lipinski definition) is 4. The normalized spacial score (nSPS) is 14.7. The summed E-state index contributed by atoms with van der Waals surface area (Å²) < 4.78 is 6.31. The number of para-hydroxylation sites is 2. The zero-order valence-electron chi connectivity index (χ0n) is 16.1. The molecule has 0 bridgehead atoms. The number of hydrogen-bond donors (Lipinski definition) is 0. The maximum atomic E-state index is 13.3. The Balaban J connectivity index is 1.85. The molecule has 1 aliphatic rings. The Morgan fingerprint density at radius 2 is 1.63 bits per heavy atom. The molecule has 1 amide bonds. The van der Waals surface area contributed by atoms with Gasteiger partial charge in [-0.2, -0.15) is 0 Å². The van der Waals surface area contributed by atoms with E-state index in [1.54, 1.807) is 24.3 Å².